The quantitative estimate of drug-likeness (QED) is 0.292. The number of rotatable bonds is 0. The fourth-order valence-corrected chi connectivity index (χ4v) is 0. The molecule has 0 spiro atoms. The maximum Gasteiger partial charge on any atom is 3.00 e. The van der Waals surface area contributed by atoms with E-state index in [1.54, 1.807) is 0 Å². The molecule has 0 heterocycles. The second-order valence-corrected chi connectivity index (χ2v) is 1.34. The van der Waals surface area contributed by atoms with Gasteiger partial charge < -0.3 is 5.48 Å². The molecule has 0 unspecified atom stereocenters. The van der Waals surface area contributed by atoms with Crippen molar-refractivity contribution in [3.63, 3.8) is 0 Å². The molecule has 0 fully saturated rings. The SMILES string of the molecule is O=S(=O)(O)O.[Al+3].[K+].[O-2]. The molecule has 0 aliphatic rings. The van der Waals surface area contributed by atoms with Crippen molar-refractivity contribution in [1.29, 1.82) is 0 Å². The van der Waals surface area contributed by atoms with E-state index in [0.717, 1.165) is 0 Å². The van der Waals surface area contributed by atoms with Crippen LogP contribution in [-0.2, 0) is 15.9 Å². The molecule has 0 radical (unpaired) electrons. The molecule has 0 rings (SSSR count). The Morgan fingerprint density at radius 1 is 1.12 bits per heavy atom. The maximum atomic E-state index is 8.74. The molecule has 0 aliphatic heterocycles. The summed E-state index contributed by atoms with van der Waals surface area (Å²) in [4.78, 5) is 0. The fourth-order valence-electron chi connectivity index (χ4n) is 0. The van der Waals surface area contributed by atoms with Gasteiger partial charge in [0.25, 0.3) is 0 Å². The van der Waals surface area contributed by atoms with Gasteiger partial charge in [-0.25, -0.2) is 0 Å². The molecule has 0 aliphatic carbocycles. The van der Waals surface area contributed by atoms with Crippen LogP contribution in [0, 0.1) is 0 Å². The average Bonchev–Trinajstić information content (AvgIpc) is 0.722. The zero-order chi connectivity index (χ0) is 4.50. The van der Waals surface area contributed by atoms with Crippen LogP contribution in [0.25, 0.3) is 0 Å². The van der Waals surface area contributed by atoms with Gasteiger partial charge in [0.15, 0.2) is 0 Å². The third kappa shape index (κ3) is 98.1. The van der Waals surface area contributed by atoms with Gasteiger partial charge in [-0.3, -0.25) is 9.11 Å². The van der Waals surface area contributed by atoms with Crippen LogP contribution >= 0.6 is 0 Å². The molecule has 0 saturated heterocycles. The Hall–Kier alpha value is 2.00. The Labute approximate surface area is 100 Å². The van der Waals surface area contributed by atoms with E-state index in [1.165, 1.54) is 0 Å². The molecular formula is H2AlKO5S+2. The maximum absolute atomic E-state index is 8.74. The van der Waals surface area contributed by atoms with Crippen LogP contribution in [0.15, 0.2) is 0 Å². The molecule has 0 amide bonds. The third-order valence-corrected chi connectivity index (χ3v) is 0. The van der Waals surface area contributed by atoms with Gasteiger partial charge in [0.2, 0.25) is 0 Å². The first kappa shape index (κ1) is 22.5. The minimum absolute atomic E-state index is 0. The molecule has 0 atom stereocenters. The van der Waals surface area contributed by atoms with Crippen molar-refractivity contribution in [2.75, 3.05) is 0 Å². The topological polar surface area (TPSA) is 103 Å². The summed E-state index contributed by atoms with van der Waals surface area (Å²) in [6.45, 7) is 0. The summed E-state index contributed by atoms with van der Waals surface area (Å²) in [5, 5.41) is 0. The smallest absolute Gasteiger partial charge is 2.00 e. The molecule has 8 heteroatoms. The van der Waals surface area contributed by atoms with Gasteiger partial charge in [-0.1, -0.05) is 0 Å². The first-order valence-electron chi connectivity index (χ1n) is 0.698. The van der Waals surface area contributed by atoms with E-state index in [2.05, 4.69) is 0 Å². The van der Waals surface area contributed by atoms with E-state index in [4.69, 9.17) is 17.5 Å². The zero-order valence-corrected chi connectivity index (χ0v) is 9.20. The van der Waals surface area contributed by atoms with Crippen LogP contribution in [0.1, 0.15) is 0 Å². The Balaban J connectivity index is -0.0000000267. The second-order valence-electron chi connectivity index (χ2n) is 0.448. The van der Waals surface area contributed by atoms with Gasteiger partial charge in [-0.15, -0.1) is 0 Å². The summed E-state index contributed by atoms with van der Waals surface area (Å²) < 4.78 is 31.6. The Kier molecular flexibility index (Phi) is 25.3. The summed E-state index contributed by atoms with van der Waals surface area (Å²) in [5.41, 5.74) is 0. The molecule has 0 aromatic rings. The second kappa shape index (κ2) is 9.00. The molecule has 0 bridgehead atoms. The van der Waals surface area contributed by atoms with Crippen LogP contribution in [-0.4, -0.2) is 34.9 Å². The van der Waals surface area contributed by atoms with E-state index in [-0.39, 0.29) is 74.2 Å². The largest absolute Gasteiger partial charge is 3.00 e. The van der Waals surface area contributed by atoms with Gasteiger partial charge in [0.05, 0.1) is 0 Å². The standard InChI is InChI=1S/Al.K.H2O4S.O/c;;1-5(2,3)4;/h;;(H2,1,2,3,4);/q+3;+1;;-2. The van der Waals surface area contributed by atoms with E-state index in [0.29, 0.717) is 0 Å². The van der Waals surface area contributed by atoms with Gasteiger partial charge >= 0.3 is 79.1 Å². The van der Waals surface area contributed by atoms with Crippen molar-refractivity contribution in [3.8, 4) is 0 Å². The molecular weight excluding hydrogens is 178 g/mol. The molecule has 8 heavy (non-hydrogen) atoms. The predicted octanol–water partition coefficient (Wildman–Crippen LogP) is -4.15. The van der Waals surface area contributed by atoms with Crippen molar-refractivity contribution in [2.45, 2.75) is 0 Å². The first-order valence-corrected chi connectivity index (χ1v) is 2.10. The average molecular weight is 180 g/mol. The number of hydrogen-bond donors (Lipinski definition) is 2. The van der Waals surface area contributed by atoms with Crippen LogP contribution in [0.2, 0.25) is 0 Å². The van der Waals surface area contributed by atoms with E-state index >= 15 is 0 Å². The van der Waals surface area contributed by atoms with Crippen molar-refractivity contribution >= 4 is 27.8 Å². The molecule has 5 nitrogen and oxygen atoms in total. The fraction of sp³-hybridized carbons (Fsp3) is 0. The van der Waals surface area contributed by atoms with Crippen molar-refractivity contribution < 1.29 is 74.4 Å². The van der Waals surface area contributed by atoms with Crippen LogP contribution in [0.3, 0.4) is 0 Å². The van der Waals surface area contributed by atoms with Crippen molar-refractivity contribution in [3.05, 3.63) is 0 Å². The third-order valence-electron chi connectivity index (χ3n) is 0. The van der Waals surface area contributed by atoms with E-state index < -0.39 is 10.4 Å². The molecule has 40 valence electrons. The Morgan fingerprint density at radius 3 is 1.12 bits per heavy atom. The van der Waals surface area contributed by atoms with Gasteiger partial charge in [-0.05, 0) is 0 Å². The van der Waals surface area contributed by atoms with Crippen LogP contribution < -0.4 is 51.4 Å². The molecule has 0 aromatic carbocycles. The zero-order valence-electron chi connectivity index (χ0n) is 4.10. The molecule has 0 saturated carbocycles. The summed E-state index contributed by atoms with van der Waals surface area (Å²) in [6, 6.07) is 0. The van der Waals surface area contributed by atoms with Gasteiger partial charge in [0, 0.05) is 0 Å². The summed E-state index contributed by atoms with van der Waals surface area (Å²) >= 11 is 0. The van der Waals surface area contributed by atoms with Crippen molar-refractivity contribution in [1.82, 2.24) is 0 Å². The Bertz CT molecular complexity index is 95.6. The molecule has 2 N–H and O–H groups in total. The predicted molar refractivity (Wildman–Crippen MR) is 20.6 cm³/mol. The summed E-state index contributed by atoms with van der Waals surface area (Å²) in [7, 11) is -4.67. The Morgan fingerprint density at radius 2 is 1.12 bits per heavy atom. The van der Waals surface area contributed by atoms with Crippen LogP contribution in [0.5, 0.6) is 0 Å². The van der Waals surface area contributed by atoms with E-state index in [9.17, 15) is 0 Å². The monoisotopic (exact) mass is 180 g/mol. The van der Waals surface area contributed by atoms with Gasteiger partial charge in [-0.2, -0.15) is 8.42 Å². The number of hydrogen-bond acceptors (Lipinski definition) is 2. The minimum atomic E-state index is -4.67. The van der Waals surface area contributed by atoms with E-state index in [1.807, 2.05) is 0 Å². The van der Waals surface area contributed by atoms with Gasteiger partial charge in [0.1, 0.15) is 0 Å². The van der Waals surface area contributed by atoms with Crippen molar-refractivity contribution in [2.24, 2.45) is 0 Å². The molecule has 0 aromatic heterocycles. The summed E-state index contributed by atoms with van der Waals surface area (Å²) in [5.74, 6) is 0. The summed E-state index contributed by atoms with van der Waals surface area (Å²) in [6.07, 6.45) is 0. The van der Waals surface area contributed by atoms with Crippen LogP contribution in [0.4, 0.5) is 0 Å². The first-order chi connectivity index (χ1) is 2.00. The normalized spacial score (nSPS) is 7.25. The minimum Gasteiger partial charge on any atom is -2.00 e.